The molecule has 0 aromatic rings. The predicted octanol–water partition coefficient (Wildman–Crippen LogP) is 1.45. The minimum absolute atomic E-state index is 0.0627. The number of morpholine rings is 1. The number of carbonyl (C=O) groups excluding carboxylic acids is 1. The van der Waals surface area contributed by atoms with Crippen LogP contribution in [0.1, 0.15) is 39.0 Å². The van der Waals surface area contributed by atoms with Gasteiger partial charge in [-0.15, -0.1) is 0 Å². The number of urea groups is 1. The molecule has 6 heteroatoms. The summed E-state index contributed by atoms with van der Waals surface area (Å²) >= 11 is 0. The average molecular weight is 284 g/mol. The molecule has 2 aliphatic rings. The van der Waals surface area contributed by atoms with Crippen LogP contribution in [0.5, 0.6) is 0 Å². The van der Waals surface area contributed by atoms with Crippen LogP contribution in [-0.2, 0) is 9.53 Å². The Labute approximate surface area is 119 Å². The molecule has 1 heterocycles. The molecule has 2 amide bonds. The molecular weight excluding hydrogens is 260 g/mol. The molecule has 2 fully saturated rings. The van der Waals surface area contributed by atoms with Crippen LogP contribution in [0.2, 0.25) is 0 Å². The lowest BCUT2D eigenvalue weighted by atomic mass is 10.1. The largest absolute Gasteiger partial charge is 0.481 e. The molecule has 114 valence electrons. The first-order valence-electron chi connectivity index (χ1n) is 7.46. The number of ether oxygens (including phenoxy) is 1. The topological polar surface area (TPSA) is 78.9 Å². The average Bonchev–Trinajstić information content (AvgIpc) is 3.21. The zero-order valence-electron chi connectivity index (χ0n) is 12.0. The van der Waals surface area contributed by atoms with Gasteiger partial charge in [-0.3, -0.25) is 4.79 Å². The molecule has 0 aromatic heterocycles. The number of carboxylic acids is 1. The van der Waals surface area contributed by atoms with Gasteiger partial charge < -0.3 is 20.1 Å². The van der Waals surface area contributed by atoms with E-state index in [0.29, 0.717) is 19.8 Å². The number of carboxylic acid groups (broad SMARTS) is 1. The Morgan fingerprint density at radius 2 is 2.20 bits per heavy atom. The van der Waals surface area contributed by atoms with Crippen LogP contribution in [-0.4, -0.2) is 53.8 Å². The Kier molecular flexibility index (Phi) is 5.23. The lowest BCUT2D eigenvalue weighted by Gasteiger charge is -2.35. The van der Waals surface area contributed by atoms with Crippen LogP contribution in [0.3, 0.4) is 0 Å². The zero-order valence-corrected chi connectivity index (χ0v) is 12.0. The van der Waals surface area contributed by atoms with E-state index in [1.807, 2.05) is 0 Å². The molecule has 0 bridgehead atoms. The fourth-order valence-electron chi connectivity index (χ4n) is 2.63. The highest BCUT2D eigenvalue weighted by Crippen LogP contribution is 2.34. The van der Waals surface area contributed by atoms with E-state index in [1.54, 1.807) is 4.90 Å². The van der Waals surface area contributed by atoms with Crippen LogP contribution >= 0.6 is 0 Å². The molecule has 2 rings (SSSR count). The van der Waals surface area contributed by atoms with E-state index in [2.05, 4.69) is 12.2 Å². The number of hydrogen-bond donors (Lipinski definition) is 2. The van der Waals surface area contributed by atoms with Crippen molar-refractivity contribution in [2.24, 2.45) is 5.92 Å². The van der Waals surface area contributed by atoms with Crippen LogP contribution in [0.4, 0.5) is 4.79 Å². The summed E-state index contributed by atoms with van der Waals surface area (Å²) in [4.78, 5) is 24.8. The van der Waals surface area contributed by atoms with Crippen molar-refractivity contribution in [1.29, 1.82) is 0 Å². The number of hydrogen-bond acceptors (Lipinski definition) is 3. The van der Waals surface area contributed by atoms with Crippen LogP contribution < -0.4 is 5.32 Å². The summed E-state index contributed by atoms with van der Waals surface area (Å²) in [5.41, 5.74) is 0. The monoisotopic (exact) mass is 284 g/mol. The molecule has 1 aliphatic heterocycles. The first kappa shape index (κ1) is 15.1. The minimum atomic E-state index is -0.900. The smallest absolute Gasteiger partial charge is 0.318 e. The molecular formula is C14H24N2O4. The number of rotatable bonds is 6. The van der Waals surface area contributed by atoms with Gasteiger partial charge in [0.2, 0.25) is 0 Å². The summed E-state index contributed by atoms with van der Waals surface area (Å²) in [6.45, 7) is 3.31. The first-order chi connectivity index (χ1) is 9.60. The van der Waals surface area contributed by atoms with Gasteiger partial charge in [0, 0.05) is 12.6 Å². The second-order valence-electron chi connectivity index (χ2n) is 5.75. The van der Waals surface area contributed by atoms with E-state index in [-0.39, 0.29) is 24.5 Å². The SMILES string of the molecule is CCC(CC1CC1)NC(=O)N1CCOCC1CC(=O)O. The normalized spacial score (nSPS) is 24.2. The molecule has 0 spiro atoms. The Balaban J connectivity index is 1.88. The van der Waals surface area contributed by atoms with Crippen molar-refractivity contribution in [2.75, 3.05) is 19.8 Å². The lowest BCUT2D eigenvalue weighted by molar-refractivity contribution is -0.139. The zero-order chi connectivity index (χ0) is 14.5. The Bertz CT molecular complexity index is 357. The summed E-state index contributed by atoms with van der Waals surface area (Å²) in [7, 11) is 0. The highest BCUT2D eigenvalue weighted by Gasteiger charge is 2.31. The number of carbonyl (C=O) groups is 2. The van der Waals surface area contributed by atoms with Crippen molar-refractivity contribution in [2.45, 2.75) is 51.1 Å². The van der Waals surface area contributed by atoms with Gasteiger partial charge in [-0.2, -0.15) is 0 Å². The van der Waals surface area contributed by atoms with Crippen LogP contribution in [0.25, 0.3) is 0 Å². The summed E-state index contributed by atoms with van der Waals surface area (Å²) in [6, 6.07) is -0.310. The van der Waals surface area contributed by atoms with Crippen molar-refractivity contribution in [3.63, 3.8) is 0 Å². The second-order valence-corrected chi connectivity index (χ2v) is 5.75. The van der Waals surface area contributed by atoms with Crippen LogP contribution in [0, 0.1) is 5.92 Å². The highest BCUT2D eigenvalue weighted by atomic mass is 16.5. The van der Waals surface area contributed by atoms with E-state index < -0.39 is 5.97 Å². The molecule has 0 radical (unpaired) electrons. The third-order valence-corrected chi connectivity index (χ3v) is 4.03. The van der Waals surface area contributed by atoms with E-state index >= 15 is 0 Å². The van der Waals surface area contributed by atoms with E-state index in [4.69, 9.17) is 9.84 Å². The minimum Gasteiger partial charge on any atom is -0.481 e. The van der Waals surface area contributed by atoms with E-state index in [0.717, 1.165) is 18.8 Å². The maximum Gasteiger partial charge on any atom is 0.318 e. The summed E-state index contributed by atoms with van der Waals surface area (Å²) in [5.74, 6) is -0.136. The summed E-state index contributed by atoms with van der Waals surface area (Å²) < 4.78 is 5.28. The van der Waals surface area contributed by atoms with E-state index in [1.165, 1.54) is 12.8 Å². The quantitative estimate of drug-likeness (QED) is 0.774. The fourth-order valence-corrected chi connectivity index (χ4v) is 2.63. The third-order valence-electron chi connectivity index (χ3n) is 4.03. The number of aliphatic carboxylic acids is 1. The molecule has 2 unspecified atom stereocenters. The third kappa shape index (κ3) is 4.37. The van der Waals surface area contributed by atoms with Crippen molar-refractivity contribution in [1.82, 2.24) is 10.2 Å². The summed E-state index contributed by atoms with van der Waals surface area (Å²) in [6.07, 6.45) is 4.43. The summed E-state index contributed by atoms with van der Waals surface area (Å²) in [5, 5.41) is 12.0. The van der Waals surface area contributed by atoms with Gasteiger partial charge >= 0.3 is 12.0 Å². The molecule has 2 atom stereocenters. The number of nitrogens with one attached hydrogen (secondary N) is 1. The standard InChI is InChI=1S/C14H24N2O4/c1-2-11(7-10-3-4-10)15-14(19)16-5-6-20-9-12(16)8-13(17)18/h10-12H,2-9H2,1H3,(H,15,19)(H,17,18). The van der Waals surface area contributed by atoms with Gasteiger partial charge in [0.25, 0.3) is 0 Å². The van der Waals surface area contributed by atoms with Crippen molar-refractivity contribution in [3.05, 3.63) is 0 Å². The van der Waals surface area contributed by atoms with Gasteiger partial charge in [0.15, 0.2) is 0 Å². The molecule has 0 aromatic carbocycles. The van der Waals surface area contributed by atoms with Gasteiger partial charge in [-0.05, 0) is 18.8 Å². The van der Waals surface area contributed by atoms with E-state index in [9.17, 15) is 9.59 Å². The van der Waals surface area contributed by atoms with Gasteiger partial charge in [0.05, 0.1) is 25.7 Å². The maximum atomic E-state index is 12.3. The maximum absolute atomic E-state index is 12.3. The van der Waals surface area contributed by atoms with Crippen molar-refractivity contribution < 1.29 is 19.4 Å². The lowest BCUT2D eigenvalue weighted by Crippen LogP contribution is -2.54. The highest BCUT2D eigenvalue weighted by molar-refractivity contribution is 5.76. The Hall–Kier alpha value is -1.30. The molecule has 1 saturated heterocycles. The Morgan fingerprint density at radius 3 is 2.80 bits per heavy atom. The first-order valence-corrected chi connectivity index (χ1v) is 7.46. The molecule has 20 heavy (non-hydrogen) atoms. The van der Waals surface area contributed by atoms with Crippen molar-refractivity contribution in [3.8, 4) is 0 Å². The molecule has 2 N–H and O–H groups in total. The second kappa shape index (κ2) is 6.92. The molecule has 1 saturated carbocycles. The van der Waals surface area contributed by atoms with Gasteiger partial charge in [-0.25, -0.2) is 4.79 Å². The van der Waals surface area contributed by atoms with Gasteiger partial charge in [-0.1, -0.05) is 19.8 Å². The van der Waals surface area contributed by atoms with Gasteiger partial charge in [0.1, 0.15) is 0 Å². The predicted molar refractivity (Wildman–Crippen MR) is 73.5 cm³/mol. The van der Waals surface area contributed by atoms with Crippen LogP contribution in [0.15, 0.2) is 0 Å². The van der Waals surface area contributed by atoms with Crippen molar-refractivity contribution >= 4 is 12.0 Å². The number of nitrogens with zero attached hydrogens (tertiary/aromatic N) is 1. The fraction of sp³-hybridized carbons (Fsp3) is 0.857. The Morgan fingerprint density at radius 1 is 1.45 bits per heavy atom. The molecule has 6 nitrogen and oxygen atoms in total. The molecule has 1 aliphatic carbocycles. The number of amides is 2.